The fourth-order valence-corrected chi connectivity index (χ4v) is 20.0. The Hall–Kier alpha value is -9.78. The van der Waals surface area contributed by atoms with E-state index in [1.165, 1.54) is 122 Å². The van der Waals surface area contributed by atoms with Gasteiger partial charge >= 0.3 is 0 Å². The zero-order valence-electron chi connectivity index (χ0n) is 76.0. The van der Waals surface area contributed by atoms with Gasteiger partial charge in [0.15, 0.2) is 37.2 Å². The average Bonchev–Trinajstić information content (AvgIpc) is 1.62. The molecule has 4 fully saturated rings. The van der Waals surface area contributed by atoms with Crippen molar-refractivity contribution >= 4 is 0 Å². The van der Waals surface area contributed by atoms with Crippen LogP contribution >= 0.6 is 0 Å². The summed E-state index contributed by atoms with van der Waals surface area (Å²) in [5, 5.41) is 0. The first-order chi connectivity index (χ1) is 56.7. The van der Waals surface area contributed by atoms with Gasteiger partial charge < -0.3 is 0 Å². The molecule has 12 aromatic rings. The second-order valence-corrected chi connectivity index (χ2v) is 33.5. The van der Waals surface area contributed by atoms with Crippen LogP contribution < -0.4 is 27.4 Å². The van der Waals surface area contributed by atoms with Crippen LogP contribution in [0.2, 0.25) is 0 Å². The Balaban J connectivity index is 0.000000102. The summed E-state index contributed by atoms with van der Waals surface area (Å²) in [7, 11) is 12.5. The number of fused-ring (bicyclic) bond motifs is 12. The molecule has 0 radical (unpaired) electrons. The molecule has 0 spiro atoms. The summed E-state index contributed by atoms with van der Waals surface area (Å²) in [4.78, 5) is 0. The van der Waals surface area contributed by atoms with Crippen LogP contribution in [-0.2, 0) is 80.7 Å². The smallest absolute Gasteiger partial charge is 0.201 e. The van der Waals surface area contributed by atoms with Crippen LogP contribution in [0.3, 0.4) is 0 Å². The standard InChI is InChI=1S/4C18H20N.2C16H18N/c2*1-12-5-3-4-6-16(12)18-10-17-14-7-13(8-14)9-15(17)11-19(18)2;2*1-12-5-3-4-6-15(12)18-10-16-13-7-8-14(9-13)17(16)11-19(18)2;1-12-6-3-4-9-15(12)16-10-13-7-5-8-14(13)11-17(16)2;1-12-6-3-4-8-14(12)16-15-9-5-7-13(15)10-11-17(16)2/h4*3-6,10-11,13-14H,7-9H2,1-2H3;3-4,6,9-11H,5,7-8H2,1-2H3;3-4,6,8,10-11H,5,7,9H2,1-2H3/q6*+1/i14D;;13D,14D;;7D2;7D2,9D2. The summed E-state index contributed by atoms with van der Waals surface area (Å²) < 4.78 is 88.1. The Kier molecular flexibility index (Phi) is 17.6. The largest absolute Gasteiger partial charge is 0.216 e. The molecule has 110 heavy (non-hydrogen) atoms. The molecule has 12 aliphatic rings. The molecule has 4 unspecified atom stereocenters. The van der Waals surface area contributed by atoms with Crippen molar-refractivity contribution in [2.24, 2.45) is 54.1 Å². The summed E-state index contributed by atoms with van der Waals surface area (Å²) in [6.45, 7) is 12.8. The summed E-state index contributed by atoms with van der Waals surface area (Å²) in [6.07, 6.45) is 23.8. The van der Waals surface area contributed by atoms with E-state index < -0.39 is 30.9 Å². The maximum atomic E-state index is 8.73. The Bertz CT molecular complexity index is 5950. The second kappa shape index (κ2) is 30.8. The highest BCUT2D eigenvalue weighted by Crippen LogP contribution is 2.55. The van der Waals surface area contributed by atoms with Gasteiger partial charge in [0, 0.05) is 115 Å². The van der Waals surface area contributed by atoms with Crippen molar-refractivity contribution < 1.29 is 39.7 Å². The number of benzene rings is 6. The van der Waals surface area contributed by atoms with Crippen molar-refractivity contribution in [3.05, 3.63) is 319 Å². The van der Waals surface area contributed by atoms with Crippen molar-refractivity contribution in [3.8, 4) is 67.5 Å². The molecular weight excluding hydrogens is 1330 g/mol. The predicted molar refractivity (Wildman–Crippen MR) is 448 cm³/mol. The third kappa shape index (κ3) is 14.3. The lowest BCUT2D eigenvalue weighted by Crippen LogP contribution is -2.37. The number of hydrogen-bond donors (Lipinski definition) is 0. The minimum absolute atomic E-state index is 0.127. The quantitative estimate of drug-likeness (QED) is 0.148. The molecule has 4 atom stereocenters. The number of nitrogens with zero attached hydrogens (tertiary/aromatic N) is 6. The van der Waals surface area contributed by atoms with Gasteiger partial charge in [0.2, 0.25) is 34.2 Å². The van der Waals surface area contributed by atoms with E-state index in [4.69, 9.17) is 12.3 Å². The highest BCUT2D eigenvalue weighted by Gasteiger charge is 2.43. The first-order valence-electron chi connectivity index (χ1n) is 45.2. The van der Waals surface area contributed by atoms with Crippen LogP contribution in [0.4, 0.5) is 0 Å². The number of pyridine rings is 6. The molecule has 6 aromatic heterocycles. The van der Waals surface area contributed by atoms with Crippen LogP contribution in [0.25, 0.3) is 67.5 Å². The van der Waals surface area contributed by atoms with Gasteiger partial charge in [0.05, 0.1) is 0 Å². The summed E-state index contributed by atoms with van der Waals surface area (Å²) >= 11 is 0. The van der Waals surface area contributed by atoms with Crippen molar-refractivity contribution in [3.63, 3.8) is 0 Å². The molecular formula is C104H116N6+6. The van der Waals surface area contributed by atoms with Gasteiger partial charge in [0.25, 0.3) is 0 Å². The van der Waals surface area contributed by atoms with Gasteiger partial charge in [-0.3, -0.25) is 0 Å². The van der Waals surface area contributed by atoms with E-state index in [0.717, 1.165) is 119 Å². The fraction of sp³-hybridized carbons (Fsp3) is 0.365. The third-order valence-corrected chi connectivity index (χ3v) is 26.2. The molecule has 24 rings (SSSR count). The monoisotopic (exact) mass is 1460 g/mol. The topological polar surface area (TPSA) is 23.3 Å². The molecule has 12 aliphatic carbocycles. The Morgan fingerprint density at radius 1 is 0.300 bits per heavy atom. The van der Waals surface area contributed by atoms with Crippen molar-refractivity contribution in [1.82, 2.24) is 0 Å². The molecule has 6 heteroatoms. The van der Waals surface area contributed by atoms with E-state index in [9.17, 15) is 0 Å². The normalized spacial score (nSPS) is 25.2. The van der Waals surface area contributed by atoms with E-state index in [-0.39, 0.29) is 12.3 Å². The van der Waals surface area contributed by atoms with Gasteiger partial charge in [0.1, 0.15) is 42.3 Å². The summed E-state index contributed by atoms with van der Waals surface area (Å²) in [6, 6.07) is 63.5. The van der Waals surface area contributed by atoms with E-state index in [2.05, 4.69) is 243 Å². The second-order valence-electron chi connectivity index (χ2n) is 33.5. The molecule has 0 amide bonds. The minimum Gasteiger partial charge on any atom is -0.201 e. The Labute approximate surface area is 669 Å². The average molecular weight is 1460 g/mol. The van der Waals surface area contributed by atoms with E-state index in [1.807, 2.05) is 81.3 Å². The van der Waals surface area contributed by atoms with Crippen molar-refractivity contribution in [2.75, 3.05) is 0 Å². The van der Waals surface area contributed by atoms with Crippen LogP contribution in [-0.4, -0.2) is 0 Å². The van der Waals surface area contributed by atoms with E-state index in [1.54, 1.807) is 28.3 Å². The van der Waals surface area contributed by atoms with Crippen molar-refractivity contribution in [2.45, 2.75) is 192 Å². The van der Waals surface area contributed by atoms with Gasteiger partial charge in [-0.05, 0) is 307 Å². The van der Waals surface area contributed by atoms with Crippen LogP contribution in [0.5, 0.6) is 0 Å². The maximum Gasteiger partial charge on any atom is 0.216 e. The van der Waals surface area contributed by atoms with Crippen LogP contribution in [0, 0.1) is 53.4 Å². The molecule has 6 heterocycles. The Morgan fingerprint density at radius 3 is 1.22 bits per heavy atom. The molecule has 0 saturated heterocycles. The molecule has 4 saturated carbocycles. The Morgan fingerprint density at radius 2 is 0.700 bits per heavy atom. The van der Waals surface area contributed by atoms with Crippen LogP contribution in [0.1, 0.15) is 225 Å². The molecule has 6 aromatic carbocycles. The van der Waals surface area contributed by atoms with E-state index in [0.29, 0.717) is 24.0 Å². The highest BCUT2D eigenvalue weighted by atomic mass is 15.0. The van der Waals surface area contributed by atoms with Gasteiger partial charge in [-0.1, -0.05) is 109 Å². The summed E-state index contributed by atoms with van der Waals surface area (Å²) in [5.41, 5.74) is 36.2. The van der Waals surface area contributed by atoms with Gasteiger partial charge in [-0.2, -0.15) is 0 Å². The number of aromatic nitrogens is 6. The molecule has 6 nitrogen and oxygen atoms in total. The van der Waals surface area contributed by atoms with E-state index >= 15 is 0 Å². The lowest BCUT2D eigenvalue weighted by molar-refractivity contribution is -0.661. The molecule has 0 aliphatic heterocycles. The molecule has 0 N–H and O–H groups in total. The first-order valence-corrected chi connectivity index (χ1v) is 40.7. The van der Waals surface area contributed by atoms with Crippen molar-refractivity contribution in [1.29, 1.82) is 0 Å². The van der Waals surface area contributed by atoms with Crippen LogP contribution in [0.15, 0.2) is 219 Å². The number of hydrogen-bond acceptors (Lipinski definition) is 0. The lowest BCUT2D eigenvalue weighted by atomic mass is 9.63. The SMILES string of the molecule is Cc1ccccc1-c1cc2c(c[n+]1C)C1CCC2C1.Cc1ccccc1-c1cc2c(c[n+]1C)CC1CC2C1.[2H]C1([2H])CC([2H])([2H])c2c1cc[n+](C)c2-c1ccccc1C.[2H]C1([2H])CCc2c[n+](C)c(-c3ccccc3C)cc21.[2H]C12CC(Cc3c[n+](C)c(-c4ccccc4C)cc31)C2.[2H]C12CCC([2H])(C1)c1c[n+](C)c(-c3ccccc3C)cc12. The molecule has 8 bridgehead atoms. The predicted octanol–water partition coefficient (Wildman–Crippen LogP) is 20.7. The number of rotatable bonds is 6. The minimum atomic E-state index is -1.66. The fourth-order valence-electron chi connectivity index (χ4n) is 20.0. The third-order valence-electron chi connectivity index (χ3n) is 26.2. The highest BCUT2D eigenvalue weighted by molar-refractivity contribution is 5.69. The first kappa shape index (κ1) is 62.9. The maximum absolute atomic E-state index is 8.73. The lowest BCUT2D eigenvalue weighted by Gasteiger charge is -2.41. The zero-order valence-corrected chi connectivity index (χ0v) is 67.0. The van der Waals surface area contributed by atoms with Gasteiger partial charge in [-0.15, -0.1) is 0 Å². The molecule has 556 valence electrons. The summed E-state index contributed by atoms with van der Waals surface area (Å²) in [5.74, 6) is 2.89. The van der Waals surface area contributed by atoms with Gasteiger partial charge in [-0.25, -0.2) is 27.4 Å². The number of aryl methyl sites for hydroxylation is 15. The zero-order chi connectivity index (χ0) is 83.7.